The molecule has 1 rings (SSSR count). The van der Waals surface area contributed by atoms with E-state index in [9.17, 15) is 4.79 Å². The lowest BCUT2D eigenvalue weighted by Gasteiger charge is -2.27. The molecule has 0 atom stereocenters. The summed E-state index contributed by atoms with van der Waals surface area (Å²) in [6, 6.07) is 3.90. The minimum absolute atomic E-state index is 0.0955. The van der Waals surface area contributed by atoms with Crippen molar-refractivity contribution >= 4 is 11.7 Å². The summed E-state index contributed by atoms with van der Waals surface area (Å²) in [5, 5.41) is 3.00. The first-order valence-corrected chi connectivity index (χ1v) is 7.47. The lowest BCUT2D eigenvalue weighted by atomic mass is 10.1. The maximum Gasteiger partial charge on any atom is 0.254 e. The zero-order valence-electron chi connectivity index (χ0n) is 13.4. The largest absolute Gasteiger partial charge is 0.373 e. The fourth-order valence-electron chi connectivity index (χ4n) is 2.21. The van der Waals surface area contributed by atoms with Crippen LogP contribution in [-0.4, -0.2) is 35.4 Å². The number of pyridine rings is 1. The Kier molecular flexibility index (Phi) is 6.49. The van der Waals surface area contributed by atoms with Crippen LogP contribution in [0, 0.1) is 6.92 Å². The first-order valence-electron chi connectivity index (χ1n) is 7.47. The van der Waals surface area contributed by atoms with Crippen LogP contribution < -0.4 is 5.32 Å². The van der Waals surface area contributed by atoms with Gasteiger partial charge in [-0.15, -0.1) is 0 Å². The summed E-state index contributed by atoms with van der Waals surface area (Å²) in [5.74, 6) is 0.837. The second kappa shape index (κ2) is 7.88. The van der Waals surface area contributed by atoms with Crippen LogP contribution in [0.2, 0.25) is 0 Å². The maximum absolute atomic E-state index is 12.7. The van der Waals surface area contributed by atoms with Crippen molar-refractivity contribution in [2.75, 3.05) is 18.9 Å². The van der Waals surface area contributed by atoms with Crippen molar-refractivity contribution in [2.45, 2.75) is 53.0 Å². The molecule has 0 saturated heterocycles. The van der Waals surface area contributed by atoms with E-state index >= 15 is 0 Å². The van der Waals surface area contributed by atoms with Gasteiger partial charge < -0.3 is 10.2 Å². The van der Waals surface area contributed by atoms with Gasteiger partial charge in [0.1, 0.15) is 5.82 Å². The lowest BCUT2D eigenvalue weighted by molar-refractivity contribution is 0.0702. The van der Waals surface area contributed by atoms with Gasteiger partial charge in [-0.05, 0) is 39.3 Å². The molecule has 0 aliphatic heterocycles. The minimum atomic E-state index is 0.0955. The molecular formula is C16H27N3O. The van der Waals surface area contributed by atoms with Crippen LogP contribution in [0.3, 0.4) is 0 Å². The van der Waals surface area contributed by atoms with E-state index in [4.69, 9.17) is 0 Å². The summed E-state index contributed by atoms with van der Waals surface area (Å²) in [5.41, 5.74) is 1.57. The third-order valence-corrected chi connectivity index (χ3v) is 3.34. The first-order chi connectivity index (χ1) is 9.49. The number of amides is 1. The second-order valence-electron chi connectivity index (χ2n) is 5.43. The lowest BCUT2D eigenvalue weighted by Crippen LogP contribution is -2.37. The van der Waals surface area contributed by atoms with Gasteiger partial charge in [-0.1, -0.05) is 19.8 Å². The first kappa shape index (κ1) is 16.5. The quantitative estimate of drug-likeness (QED) is 0.776. The van der Waals surface area contributed by atoms with Crippen LogP contribution in [0.5, 0.6) is 0 Å². The molecule has 0 saturated carbocycles. The SMILES string of the molecule is CCCCCN(C(=O)c1cc(C)nc(NC)c1)C(C)C. The minimum Gasteiger partial charge on any atom is -0.373 e. The van der Waals surface area contributed by atoms with Gasteiger partial charge in [-0.2, -0.15) is 0 Å². The molecule has 0 bridgehead atoms. The monoisotopic (exact) mass is 277 g/mol. The number of aryl methyl sites for hydroxylation is 1. The van der Waals surface area contributed by atoms with Gasteiger partial charge in [0.05, 0.1) is 0 Å². The van der Waals surface area contributed by atoms with Gasteiger partial charge in [-0.25, -0.2) is 4.98 Å². The van der Waals surface area contributed by atoms with Crippen molar-refractivity contribution in [1.29, 1.82) is 0 Å². The van der Waals surface area contributed by atoms with E-state index in [1.54, 1.807) is 0 Å². The van der Waals surface area contributed by atoms with E-state index in [2.05, 4.69) is 31.1 Å². The van der Waals surface area contributed by atoms with E-state index in [1.165, 1.54) is 6.42 Å². The molecule has 1 heterocycles. The van der Waals surface area contributed by atoms with Crippen molar-refractivity contribution in [3.63, 3.8) is 0 Å². The number of anilines is 1. The van der Waals surface area contributed by atoms with Crippen LogP contribution in [0.1, 0.15) is 56.1 Å². The summed E-state index contributed by atoms with van der Waals surface area (Å²) >= 11 is 0. The normalized spacial score (nSPS) is 10.7. The second-order valence-corrected chi connectivity index (χ2v) is 5.43. The van der Waals surface area contributed by atoms with E-state index in [-0.39, 0.29) is 11.9 Å². The highest BCUT2D eigenvalue weighted by atomic mass is 16.2. The molecule has 0 fully saturated rings. The zero-order valence-corrected chi connectivity index (χ0v) is 13.4. The fraction of sp³-hybridized carbons (Fsp3) is 0.625. The molecule has 0 aliphatic carbocycles. The van der Waals surface area contributed by atoms with Crippen molar-refractivity contribution in [2.24, 2.45) is 0 Å². The molecule has 112 valence electrons. The highest BCUT2D eigenvalue weighted by Gasteiger charge is 2.19. The van der Waals surface area contributed by atoms with Crippen LogP contribution >= 0.6 is 0 Å². The number of carbonyl (C=O) groups is 1. The van der Waals surface area contributed by atoms with Crippen molar-refractivity contribution in [3.05, 3.63) is 23.4 Å². The van der Waals surface area contributed by atoms with Crippen LogP contribution in [0.15, 0.2) is 12.1 Å². The Hall–Kier alpha value is -1.58. The standard InChI is InChI=1S/C16H27N3O/c1-6-7-8-9-19(12(2)3)16(20)14-10-13(4)18-15(11-14)17-5/h10-12H,6-9H2,1-5H3,(H,17,18). The number of aromatic nitrogens is 1. The molecule has 0 aromatic carbocycles. The van der Waals surface area contributed by atoms with Gasteiger partial charge in [0.25, 0.3) is 5.91 Å². The highest BCUT2D eigenvalue weighted by Crippen LogP contribution is 2.15. The summed E-state index contributed by atoms with van der Waals surface area (Å²) in [4.78, 5) is 19.0. The Morgan fingerprint density at radius 2 is 2.05 bits per heavy atom. The van der Waals surface area contributed by atoms with Gasteiger partial charge in [0.2, 0.25) is 0 Å². The molecule has 4 heteroatoms. The van der Waals surface area contributed by atoms with Gasteiger partial charge in [0.15, 0.2) is 0 Å². The zero-order chi connectivity index (χ0) is 15.1. The maximum atomic E-state index is 12.7. The number of carbonyl (C=O) groups excluding carboxylic acids is 1. The molecule has 0 unspecified atom stereocenters. The predicted octanol–water partition coefficient (Wildman–Crippen LogP) is 3.47. The average Bonchev–Trinajstić information content (AvgIpc) is 2.41. The van der Waals surface area contributed by atoms with Crippen molar-refractivity contribution in [3.8, 4) is 0 Å². The fourth-order valence-corrected chi connectivity index (χ4v) is 2.21. The molecule has 1 amide bonds. The summed E-state index contributed by atoms with van der Waals surface area (Å²) < 4.78 is 0. The number of nitrogens with zero attached hydrogens (tertiary/aromatic N) is 2. The van der Waals surface area contributed by atoms with Gasteiger partial charge >= 0.3 is 0 Å². The molecule has 0 radical (unpaired) electrons. The number of hydrogen-bond donors (Lipinski definition) is 1. The Morgan fingerprint density at radius 1 is 1.35 bits per heavy atom. The van der Waals surface area contributed by atoms with E-state index in [0.717, 1.165) is 30.9 Å². The Bertz CT molecular complexity index is 443. The van der Waals surface area contributed by atoms with Crippen molar-refractivity contribution < 1.29 is 4.79 Å². The van der Waals surface area contributed by atoms with Crippen molar-refractivity contribution in [1.82, 2.24) is 9.88 Å². The Balaban J connectivity index is 2.91. The van der Waals surface area contributed by atoms with Crippen LogP contribution in [0.4, 0.5) is 5.82 Å². The van der Waals surface area contributed by atoms with Crippen LogP contribution in [-0.2, 0) is 0 Å². The Labute approximate surface area is 122 Å². The molecular weight excluding hydrogens is 250 g/mol. The molecule has 1 aromatic heterocycles. The molecule has 20 heavy (non-hydrogen) atoms. The topological polar surface area (TPSA) is 45.2 Å². The number of unbranched alkanes of at least 4 members (excludes halogenated alkanes) is 2. The molecule has 4 nitrogen and oxygen atoms in total. The smallest absolute Gasteiger partial charge is 0.254 e. The van der Waals surface area contributed by atoms with E-state index in [1.807, 2.05) is 31.0 Å². The Morgan fingerprint density at radius 3 is 2.60 bits per heavy atom. The summed E-state index contributed by atoms with van der Waals surface area (Å²) in [7, 11) is 1.82. The summed E-state index contributed by atoms with van der Waals surface area (Å²) in [6.45, 7) is 9.04. The van der Waals surface area contributed by atoms with E-state index in [0.29, 0.717) is 5.56 Å². The molecule has 0 aliphatic rings. The molecule has 0 spiro atoms. The van der Waals surface area contributed by atoms with Gasteiger partial charge in [-0.3, -0.25) is 4.79 Å². The highest BCUT2D eigenvalue weighted by molar-refractivity contribution is 5.95. The van der Waals surface area contributed by atoms with Crippen LogP contribution in [0.25, 0.3) is 0 Å². The molecule has 1 N–H and O–H groups in total. The predicted molar refractivity (Wildman–Crippen MR) is 84.2 cm³/mol. The molecule has 1 aromatic rings. The third-order valence-electron chi connectivity index (χ3n) is 3.34. The average molecular weight is 277 g/mol. The third kappa shape index (κ3) is 4.51. The van der Waals surface area contributed by atoms with Gasteiger partial charge in [0, 0.05) is 30.9 Å². The summed E-state index contributed by atoms with van der Waals surface area (Å²) in [6.07, 6.45) is 3.38. The number of hydrogen-bond acceptors (Lipinski definition) is 3. The van der Waals surface area contributed by atoms with E-state index < -0.39 is 0 Å². The number of nitrogens with one attached hydrogen (secondary N) is 1. The number of rotatable bonds is 7.